The number of hydrogen-bond donors (Lipinski definition) is 3. The van der Waals surface area contributed by atoms with Gasteiger partial charge in [-0.2, -0.15) is 0 Å². The molecule has 1 aromatic heterocycles. The minimum Gasteiger partial charge on any atom is -0.359 e. The Morgan fingerprint density at radius 1 is 0.947 bits per heavy atom. The molecular formula is C32H48N4O2. The molecule has 38 heavy (non-hydrogen) atoms. The maximum absolute atomic E-state index is 12.8. The lowest BCUT2D eigenvalue weighted by molar-refractivity contribution is -0.129. The number of para-hydroxylation sites is 1. The van der Waals surface area contributed by atoms with Crippen LogP contribution in [0.25, 0.3) is 11.6 Å². The van der Waals surface area contributed by atoms with Crippen LogP contribution in [-0.4, -0.2) is 48.9 Å². The predicted molar refractivity (Wildman–Crippen MR) is 159 cm³/mol. The number of hydrogen-bond acceptors (Lipinski definition) is 3. The number of aryl methyl sites for hydroxylation is 1. The number of nitrogens with zero attached hydrogens (tertiary/aromatic N) is 1. The second-order valence-corrected chi connectivity index (χ2v) is 10.8. The predicted octanol–water partition coefficient (Wildman–Crippen LogP) is 6.64. The summed E-state index contributed by atoms with van der Waals surface area (Å²) in [5, 5.41) is 6.14. The molecule has 0 radical (unpaired) electrons. The minimum atomic E-state index is -0.0769. The van der Waals surface area contributed by atoms with Crippen LogP contribution >= 0.6 is 0 Å². The van der Waals surface area contributed by atoms with Gasteiger partial charge < -0.3 is 20.5 Å². The van der Waals surface area contributed by atoms with E-state index in [0.717, 1.165) is 47.7 Å². The molecule has 3 N–H and O–H groups in total. The van der Waals surface area contributed by atoms with Crippen LogP contribution in [0.3, 0.4) is 0 Å². The topological polar surface area (TPSA) is 77.2 Å². The molecular weight excluding hydrogens is 472 g/mol. The number of amides is 2. The third kappa shape index (κ3) is 8.59. The molecule has 0 saturated carbocycles. The van der Waals surface area contributed by atoms with E-state index in [1.54, 1.807) is 0 Å². The van der Waals surface area contributed by atoms with Crippen molar-refractivity contribution >= 4 is 29.2 Å². The molecule has 0 saturated heterocycles. The van der Waals surface area contributed by atoms with Crippen molar-refractivity contribution in [1.82, 2.24) is 15.2 Å². The van der Waals surface area contributed by atoms with E-state index in [1.807, 2.05) is 56.3 Å². The smallest absolute Gasteiger partial charge is 0.256 e. The fourth-order valence-electron chi connectivity index (χ4n) is 5.37. The van der Waals surface area contributed by atoms with Gasteiger partial charge in [-0.05, 0) is 70.0 Å². The van der Waals surface area contributed by atoms with E-state index in [9.17, 15) is 9.59 Å². The summed E-state index contributed by atoms with van der Waals surface area (Å²) >= 11 is 0. The van der Waals surface area contributed by atoms with Gasteiger partial charge in [-0.3, -0.25) is 9.59 Å². The monoisotopic (exact) mass is 520 g/mol. The summed E-state index contributed by atoms with van der Waals surface area (Å²) in [7, 11) is 3.95. The molecule has 2 aromatic rings. The fraction of sp³-hybridized carbons (Fsp3) is 0.562. The third-order valence-corrected chi connectivity index (χ3v) is 7.82. The van der Waals surface area contributed by atoms with E-state index in [-0.39, 0.29) is 11.8 Å². The maximum Gasteiger partial charge on any atom is 0.256 e. The molecule has 6 heteroatoms. The van der Waals surface area contributed by atoms with Gasteiger partial charge in [0.25, 0.3) is 5.91 Å². The highest BCUT2D eigenvalue weighted by Crippen LogP contribution is 2.33. The first-order valence-corrected chi connectivity index (χ1v) is 14.6. The highest BCUT2D eigenvalue weighted by Gasteiger charge is 2.24. The van der Waals surface area contributed by atoms with Crippen LogP contribution in [0.15, 0.2) is 24.3 Å². The van der Waals surface area contributed by atoms with E-state index in [1.165, 1.54) is 63.4 Å². The van der Waals surface area contributed by atoms with Crippen LogP contribution in [0.4, 0.5) is 5.69 Å². The third-order valence-electron chi connectivity index (χ3n) is 7.82. The SMILES string of the molecule is CNCCCCCCCCCCCCN(C)C(=O)CCc1c(C)[nH]c(C=C2C(=O)Nc3ccccc32)c1C. The van der Waals surface area contributed by atoms with Crippen molar-refractivity contribution in [1.29, 1.82) is 0 Å². The van der Waals surface area contributed by atoms with E-state index in [0.29, 0.717) is 18.4 Å². The summed E-state index contributed by atoms with van der Waals surface area (Å²) < 4.78 is 0. The largest absolute Gasteiger partial charge is 0.359 e. The zero-order chi connectivity index (χ0) is 27.3. The van der Waals surface area contributed by atoms with Crippen molar-refractivity contribution in [3.05, 3.63) is 52.3 Å². The Morgan fingerprint density at radius 3 is 2.26 bits per heavy atom. The normalized spacial score (nSPS) is 13.7. The van der Waals surface area contributed by atoms with Gasteiger partial charge in [0.2, 0.25) is 5.91 Å². The van der Waals surface area contributed by atoms with E-state index in [2.05, 4.69) is 22.5 Å². The Labute approximate surface area is 229 Å². The van der Waals surface area contributed by atoms with Crippen molar-refractivity contribution < 1.29 is 9.59 Å². The van der Waals surface area contributed by atoms with E-state index >= 15 is 0 Å². The van der Waals surface area contributed by atoms with Crippen LogP contribution in [0.1, 0.15) is 98.7 Å². The number of fused-ring (bicyclic) bond motifs is 1. The van der Waals surface area contributed by atoms with Crippen molar-refractivity contribution in [2.75, 3.05) is 32.5 Å². The quantitative estimate of drug-likeness (QED) is 0.162. The first-order chi connectivity index (χ1) is 18.4. The van der Waals surface area contributed by atoms with Crippen LogP contribution in [0.5, 0.6) is 0 Å². The molecule has 2 heterocycles. The molecule has 3 rings (SSSR count). The average Bonchev–Trinajstić information content (AvgIpc) is 3.37. The number of anilines is 1. The van der Waals surface area contributed by atoms with Crippen molar-refractivity contribution in [2.24, 2.45) is 0 Å². The van der Waals surface area contributed by atoms with E-state index in [4.69, 9.17) is 0 Å². The molecule has 1 aliphatic rings. The number of carbonyl (C=O) groups excluding carboxylic acids is 2. The molecule has 6 nitrogen and oxygen atoms in total. The van der Waals surface area contributed by atoms with Gasteiger partial charge in [0.15, 0.2) is 0 Å². The van der Waals surface area contributed by atoms with Gasteiger partial charge in [0, 0.05) is 42.7 Å². The molecule has 0 unspecified atom stereocenters. The molecule has 1 aromatic carbocycles. The summed E-state index contributed by atoms with van der Waals surface area (Å²) in [4.78, 5) is 30.6. The fourth-order valence-corrected chi connectivity index (χ4v) is 5.37. The molecule has 1 aliphatic heterocycles. The highest BCUT2D eigenvalue weighted by atomic mass is 16.2. The molecule has 0 fully saturated rings. The van der Waals surface area contributed by atoms with Gasteiger partial charge in [-0.15, -0.1) is 0 Å². The highest BCUT2D eigenvalue weighted by molar-refractivity contribution is 6.34. The number of H-pyrrole nitrogens is 1. The molecule has 0 spiro atoms. The van der Waals surface area contributed by atoms with Crippen molar-refractivity contribution in [2.45, 2.75) is 90.9 Å². The van der Waals surface area contributed by atoms with Crippen LogP contribution in [0.2, 0.25) is 0 Å². The number of aromatic amines is 1. The number of benzene rings is 1. The Kier molecular flexibility index (Phi) is 12.1. The molecule has 208 valence electrons. The maximum atomic E-state index is 12.8. The number of rotatable bonds is 17. The zero-order valence-electron chi connectivity index (χ0n) is 24.0. The molecule has 0 aliphatic carbocycles. The number of aromatic nitrogens is 1. The summed E-state index contributed by atoms with van der Waals surface area (Å²) in [5.41, 5.74) is 6.74. The number of unbranched alkanes of at least 4 members (excludes halogenated alkanes) is 9. The molecule has 0 bridgehead atoms. The van der Waals surface area contributed by atoms with Crippen molar-refractivity contribution in [3.63, 3.8) is 0 Å². The van der Waals surface area contributed by atoms with Crippen LogP contribution in [-0.2, 0) is 16.0 Å². The second kappa shape index (κ2) is 15.5. The lowest BCUT2D eigenvalue weighted by Gasteiger charge is -2.17. The first-order valence-electron chi connectivity index (χ1n) is 14.6. The average molecular weight is 521 g/mol. The van der Waals surface area contributed by atoms with E-state index < -0.39 is 0 Å². The van der Waals surface area contributed by atoms with Gasteiger partial charge in [-0.25, -0.2) is 0 Å². The Bertz CT molecular complexity index is 1090. The number of carbonyl (C=O) groups is 2. The van der Waals surface area contributed by atoms with Crippen LogP contribution < -0.4 is 10.6 Å². The van der Waals surface area contributed by atoms with Gasteiger partial charge in [0.1, 0.15) is 0 Å². The first kappa shape index (κ1) is 29.7. The molecule has 2 amide bonds. The lowest BCUT2D eigenvalue weighted by atomic mass is 10.0. The summed E-state index contributed by atoms with van der Waals surface area (Å²) in [5.74, 6) is 0.124. The Hall–Kier alpha value is -2.86. The number of nitrogens with one attached hydrogen (secondary N) is 3. The van der Waals surface area contributed by atoms with Gasteiger partial charge >= 0.3 is 0 Å². The second-order valence-electron chi connectivity index (χ2n) is 10.8. The zero-order valence-corrected chi connectivity index (χ0v) is 24.0. The summed E-state index contributed by atoms with van der Waals surface area (Å²) in [6.45, 7) is 6.09. The van der Waals surface area contributed by atoms with Gasteiger partial charge in [0.05, 0.1) is 5.57 Å². The lowest BCUT2D eigenvalue weighted by Crippen LogP contribution is -2.28. The Balaban J connectivity index is 1.36. The van der Waals surface area contributed by atoms with Crippen molar-refractivity contribution in [3.8, 4) is 0 Å². The Morgan fingerprint density at radius 2 is 1.58 bits per heavy atom. The minimum absolute atomic E-state index is 0.0769. The standard InChI is InChI=1S/C32H48N4O2/c1-24-26(25(2)34-30(24)23-28-27-17-13-14-18-29(27)35-32(28)38)19-20-31(37)36(4)22-16-12-10-8-6-5-7-9-11-15-21-33-3/h13-14,17-18,23,33-34H,5-12,15-16,19-22H2,1-4H3,(H,35,38). The molecule has 0 atom stereocenters. The van der Waals surface area contributed by atoms with Gasteiger partial charge in [-0.1, -0.05) is 69.6 Å². The summed E-state index contributed by atoms with van der Waals surface area (Å²) in [6.07, 6.45) is 16.1. The summed E-state index contributed by atoms with van der Waals surface area (Å²) in [6, 6.07) is 7.76. The van der Waals surface area contributed by atoms with Crippen LogP contribution in [0, 0.1) is 13.8 Å².